The molecule has 2 rings (SSSR count). The minimum Gasteiger partial charge on any atom is -0.201 e. The van der Waals surface area contributed by atoms with Gasteiger partial charge in [-0.15, -0.1) is 0 Å². The van der Waals surface area contributed by atoms with Gasteiger partial charge in [0.15, 0.2) is 6.20 Å². The highest BCUT2D eigenvalue weighted by Crippen LogP contribution is 2.26. The summed E-state index contributed by atoms with van der Waals surface area (Å²) in [5.41, 5.74) is 0.0679. The Morgan fingerprint density at radius 3 is 2.63 bits per heavy atom. The van der Waals surface area contributed by atoms with Crippen molar-refractivity contribution in [2.75, 3.05) is 0 Å². The van der Waals surface area contributed by atoms with Crippen LogP contribution in [0.25, 0.3) is 11.3 Å². The van der Waals surface area contributed by atoms with Crippen LogP contribution >= 0.6 is 0 Å². The average molecular weight is 267 g/mol. The van der Waals surface area contributed by atoms with Gasteiger partial charge in [-0.1, -0.05) is 31.4 Å². The zero-order valence-corrected chi connectivity index (χ0v) is 10.8. The molecule has 0 atom stereocenters. The van der Waals surface area contributed by atoms with Gasteiger partial charge in [-0.25, -0.2) is 4.57 Å². The molecule has 1 nitrogen and oxygen atoms in total. The highest BCUT2D eigenvalue weighted by molar-refractivity contribution is 5.62. The van der Waals surface area contributed by atoms with Crippen molar-refractivity contribution in [1.82, 2.24) is 0 Å². The second kappa shape index (κ2) is 5.16. The molecule has 0 bridgehead atoms. The number of pyridine rings is 1. The van der Waals surface area contributed by atoms with Crippen LogP contribution in [0.1, 0.15) is 59.7 Å². The van der Waals surface area contributed by atoms with Gasteiger partial charge in [-0.05, 0) is 43.7 Å². The third kappa shape index (κ3) is 2.70. The van der Waals surface area contributed by atoms with Crippen LogP contribution in [0.2, 0.25) is 0 Å². The van der Waals surface area contributed by atoms with Crippen LogP contribution in [0.5, 0.6) is 0 Å². The molecule has 1 aromatic carbocycles. The van der Waals surface area contributed by atoms with E-state index in [1.165, 1.54) is 29.8 Å². The van der Waals surface area contributed by atoms with Crippen molar-refractivity contribution in [2.24, 2.45) is 7.05 Å². The van der Waals surface area contributed by atoms with Crippen LogP contribution in [0, 0.1) is 20.6 Å². The quantitative estimate of drug-likeness (QED) is 0.717. The summed E-state index contributed by atoms with van der Waals surface area (Å²) in [5, 5.41) is 0. The molecular formula is C18H24N+. The fraction of sp³-hybridized carbons (Fsp3) is 0.389. The van der Waals surface area contributed by atoms with E-state index in [0.717, 1.165) is 12.3 Å². The maximum atomic E-state index is 8.53. The molecule has 0 fully saturated rings. The fourth-order valence-electron chi connectivity index (χ4n) is 2.07. The van der Waals surface area contributed by atoms with Crippen molar-refractivity contribution >= 4 is 0 Å². The molecule has 1 aromatic heterocycles. The molecular weight excluding hydrogens is 230 g/mol. The van der Waals surface area contributed by atoms with Gasteiger partial charge in [0, 0.05) is 35.0 Å². The molecule has 0 aliphatic rings. The molecule has 0 saturated heterocycles. The summed E-state index contributed by atoms with van der Waals surface area (Å²) < 4.78 is 103. The third-order valence-electron chi connectivity index (χ3n) is 3.05. The van der Waals surface area contributed by atoms with E-state index in [0.29, 0.717) is 11.1 Å². The lowest BCUT2D eigenvalue weighted by molar-refractivity contribution is -0.660. The van der Waals surface area contributed by atoms with Gasteiger partial charge < -0.3 is 0 Å². The minimum absolute atomic E-state index is 0.0839. The van der Waals surface area contributed by atoms with Gasteiger partial charge in [0.05, 0.1) is 0 Å². The molecule has 0 unspecified atom stereocenters. The van der Waals surface area contributed by atoms with E-state index in [9.17, 15) is 0 Å². The van der Waals surface area contributed by atoms with Crippen LogP contribution in [0.4, 0.5) is 0 Å². The Morgan fingerprint density at radius 1 is 1.16 bits per heavy atom. The van der Waals surface area contributed by atoms with Crippen molar-refractivity contribution in [2.45, 2.75) is 40.2 Å². The van der Waals surface area contributed by atoms with Crippen LogP contribution in [0.3, 0.4) is 0 Å². The van der Waals surface area contributed by atoms with Gasteiger partial charge in [-0.2, -0.15) is 0 Å². The van der Waals surface area contributed by atoms with E-state index >= 15 is 0 Å². The molecule has 2 aromatic rings. The lowest BCUT2D eigenvalue weighted by Crippen LogP contribution is -2.32. The molecule has 19 heavy (non-hydrogen) atoms. The summed E-state index contributed by atoms with van der Waals surface area (Å²) in [6, 6.07) is 5.39. The van der Waals surface area contributed by atoms with E-state index in [2.05, 4.69) is 0 Å². The van der Waals surface area contributed by atoms with Gasteiger partial charge in [-0.3, -0.25) is 0 Å². The van der Waals surface area contributed by atoms with Crippen molar-refractivity contribution in [3.63, 3.8) is 0 Å². The number of nitrogens with zero attached hydrogens (tertiary/aromatic N) is 1. The van der Waals surface area contributed by atoms with Gasteiger partial charge in [0.1, 0.15) is 7.05 Å². The first kappa shape index (κ1) is 4.73. The maximum Gasteiger partial charge on any atom is 0.212 e. The summed E-state index contributed by atoms with van der Waals surface area (Å²) in [4.78, 5) is 0. The Balaban J connectivity index is 2.95. The standard InChI is InChI=1S/C18H24N/c1-12(2)17-10-18(19(6)11-15(17)5)16-8-7-13(3)9-14(16)4/h7-12H,1-6H3/q+1/i1D3,2D3,3D3,5D3,12D. The normalized spacial score (nSPS) is 24.4. The summed E-state index contributed by atoms with van der Waals surface area (Å²) >= 11 is 0. The molecule has 1 heteroatoms. The van der Waals surface area contributed by atoms with Crippen LogP contribution in [-0.4, -0.2) is 0 Å². The first-order valence-corrected chi connectivity index (χ1v) is 5.78. The zero-order chi connectivity index (χ0) is 25.1. The van der Waals surface area contributed by atoms with Gasteiger partial charge in [0.25, 0.3) is 0 Å². The monoisotopic (exact) mass is 267 g/mol. The molecule has 100 valence electrons. The number of aryl methyl sites for hydroxylation is 4. The lowest BCUT2D eigenvalue weighted by atomic mass is 9.95. The molecule has 0 spiro atoms. The van der Waals surface area contributed by atoms with E-state index in [-0.39, 0.29) is 11.3 Å². The minimum atomic E-state index is -3.37. The highest BCUT2D eigenvalue weighted by Gasteiger charge is 2.16. The van der Waals surface area contributed by atoms with Crippen molar-refractivity contribution in [1.29, 1.82) is 0 Å². The summed E-state index contributed by atoms with van der Waals surface area (Å²) in [5.74, 6) is -3.21. The first-order chi connectivity index (χ1) is 14.1. The van der Waals surface area contributed by atoms with Crippen molar-refractivity contribution in [3.05, 3.63) is 52.7 Å². The molecule has 0 radical (unpaired) electrons. The van der Waals surface area contributed by atoms with E-state index in [1.54, 1.807) is 6.92 Å². The predicted octanol–water partition coefficient (Wildman–Crippen LogP) is 4.23. The number of hydrogen-bond acceptors (Lipinski definition) is 0. The Kier molecular flexibility index (Phi) is 1.29. The van der Waals surface area contributed by atoms with Crippen LogP contribution in [-0.2, 0) is 7.05 Å². The SMILES string of the molecule is [2H]C([2H])([2H])c1ccc(-c2cc(C([2H])(C([2H])([2H])[2H])C([2H])([2H])[2H])c(C([2H])([2H])[2H])c[n+]2C)c(C)c1. The molecule has 0 N–H and O–H groups in total. The van der Waals surface area contributed by atoms with Gasteiger partial charge in [0.2, 0.25) is 5.69 Å². The largest absolute Gasteiger partial charge is 0.212 e. The molecule has 0 aliphatic carbocycles. The second-order valence-electron chi connectivity index (χ2n) is 4.50. The predicted molar refractivity (Wildman–Crippen MR) is 81.4 cm³/mol. The fourth-order valence-corrected chi connectivity index (χ4v) is 2.07. The third-order valence-corrected chi connectivity index (χ3v) is 3.05. The Hall–Kier alpha value is -1.63. The Bertz CT molecular complexity index is 996. The molecule has 0 aliphatic heterocycles. The number of benzene rings is 1. The topological polar surface area (TPSA) is 3.88 Å². The Labute approximate surface area is 135 Å². The average Bonchev–Trinajstić information content (AvgIpc) is 2.57. The summed E-state index contributed by atoms with van der Waals surface area (Å²) in [7, 11) is 1.50. The van der Waals surface area contributed by atoms with Crippen molar-refractivity contribution in [3.8, 4) is 11.3 Å². The van der Waals surface area contributed by atoms with Crippen molar-refractivity contribution < 1.29 is 22.4 Å². The Morgan fingerprint density at radius 2 is 2.00 bits per heavy atom. The van der Waals surface area contributed by atoms with Gasteiger partial charge >= 0.3 is 0 Å². The van der Waals surface area contributed by atoms with Crippen LogP contribution < -0.4 is 4.57 Å². The summed E-state index contributed by atoms with van der Waals surface area (Å²) in [6.07, 6.45) is 1.11. The highest BCUT2D eigenvalue weighted by atomic mass is 14.9. The molecule has 0 amide bonds. The van der Waals surface area contributed by atoms with E-state index in [4.69, 9.17) is 17.8 Å². The number of rotatable bonds is 2. The number of hydrogen-bond donors (Lipinski definition) is 0. The number of aromatic nitrogens is 1. The lowest BCUT2D eigenvalue weighted by Gasteiger charge is -2.12. The summed E-state index contributed by atoms with van der Waals surface area (Å²) in [6.45, 7) is -10.3. The zero-order valence-electron chi connectivity index (χ0n) is 23.8. The van der Waals surface area contributed by atoms with E-state index < -0.39 is 44.4 Å². The first-order valence-electron chi connectivity index (χ1n) is 12.3. The molecule has 1 heterocycles. The van der Waals surface area contributed by atoms with E-state index in [1.807, 2.05) is 0 Å². The smallest absolute Gasteiger partial charge is 0.201 e. The van der Waals surface area contributed by atoms with Crippen LogP contribution in [0.15, 0.2) is 30.5 Å². The molecule has 0 saturated carbocycles. The second-order valence-corrected chi connectivity index (χ2v) is 4.50. The maximum absolute atomic E-state index is 8.53.